The minimum absolute atomic E-state index is 0.124. The van der Waals surface area contributed by atoms with Crippen molar-refractivity contribution >= 4 is 22.8 Å². The molecule has 0 atom stereocenters. The molecule has 176 valence electrons. The van der Waals surface area contributed by atoms with E-state index in [1.165, 1.54) is 0 Å². The van der Waals surface area contributed by atoms with E-state index in [1.807, 2.05) is 20.0 Å². The number of unbranched alkanes of at least 4 members (excludes halogenated alkanes) is 1. The number of ether oxygens (including phenoxy) is 1. The predicted octanol–water partition coefficient (Wildman–Crippen LogP) is 4.67. The van der Waals surface area contributed by atoms with Gasteiger partial charge in [0.15, 0.2) is 0 Å². The largest absolute Gasteiger partial charge is 0.459 e. The molecule has 1 N–H and O–H groups in total. The Kier molecular flexibility index (Phi) is 7.73. The van der Waals surface area contributed by atoms with Crippen LogP contribution in [0.5, 0.6) is 0 Å². The number of nitrogens with one attached hydrogen (secondary N) is 1. The highest BCUT2D eigenvalue weighted by Gasteiger charge is 2.21. The van der Waals surface area contributed by atoms with Gasteiger partial charge in [-0.3, -0.25) is 9.48 Å². The second kappa shape index (κ2) is 10.5. The van der Waals surface area contributed by atoms with Crippen LogP contribution in [-0.2, 0) is 11.8 Å². The number of aromatic nitrogens is 3. The summed E-state index contributed by atoms with van der Waals surface area (Å²) < 4.78 is 31.7. The summed E-state index contributed by atoms with van der Waals surface area (Å²) >= 11 is 0. The lowest BCUT2D eigenvalue weighted by molar-refractivity contribution is 0.0379. The van der Waals surface area contributed by atoms with Crippen molar-refractivity contribution < 1.29 is 23.1 Å². The van der Waals surface area contributed by atoms with Gasteiger partial charge in [0.05, 0.1) is 23.4 Å². The van der Waals surface area contributed by atoms with Crippen molar-refractivity contribution in [1.82, 2.24) is 20.1 Å². The molecule has 2 heterocycles. The maximum Gasteiger partial charge on any atom is 0.340 e. The number of hydrogen-bond acceptors (Lipinski definition) is 5. The van der Waals surface area contributed by atoms with E-state index < -0.39 is 18.3 Å². The van der Waals surface area contributed by atoms with Crippen LogP contribution in [-0.4, -0.2) is 45.7 Å². The Hall–Kier alpha value is -3.36. The van der Waals surface area contributed by atoms with Crippen LogP contribution < -0.4 is 5.32 Å². The fourth-order valence-corrected chi connectivity index (χ4v) is 3.51. The van der Waals surface area contributed by atoms with Crippen molar-refractivity contribution in [3.8, 4) is 11.1 Å². The molecule has 9 heteroatoms. The first kappa shape index (κ1) is 24.3. The predicted molar refractivity (Wildman–Crippen MR) is 121 cm³/mol. The van der Waals surface area contributed by atoms with Gasteiger partial charge in [-0.1, -0.05) is 12.1 Å². The van der Waals surface area contributed by atoms with Crippen molar-refractivity contribution in [2.75, 3.05) is 6.54 Å². The molecule has 0 saturated carbocycles. The Morgan fingerprint density at radius 2 is 1.94 bits per heavy atom. The maximum absolute atomic E-state index is 12.9. The van der Waals surface area contributed by atoms with E-state index in [-0.39, 0.29) is 30.3 Å². The van der Waals surface area contributed by atoms with E-state index in [1.54, 1.807) is 42.9 Å². The van der Waals surface area contributed by atoms with Crippen LogP contribution in [0.15, 0.2) is 30.5 Å². The molecule has 0 unspecified atom stereocenters. The van der Waals surface area contributed by atoms with Crippen LogP contribution in [0, 0.1) is 6.92 Å². The minimum Gasteiger partial charge on any atom is -0.459 e. The Morgan fingerprint density at radius 3 is 2.58 bits per heavy atom. The van der Waals surface area contributed by atoms with E-state index in [4.69, 9.17) is 4.74 Å². The molecule has 0 saturated heterocycles. The average Bonchev–Trinajstić information content (AvgIpc) is 3.09. The smallest absolute Gasteiger partial charge is 0.340 e. The molecule has 0 spiro atoms. The second-order valence-corrected chi connectivity index (χ2v) is 8.12. The molecule has 0 aliphatic heterocycles. The first-order valence-corrected chi connectivity index (χ1v) is 10.9. The minimum atomic E-state index is -2.35. The molecule has 0 aliphatic rings. The van der Waals surface area contributed by atoms with Crippen molar-refractivity contribution in [3.05, 3.63) is 47.4 Å². The van der Waals surface area contributed by atoms with E-state index in [0.717, 1.165) is 11.3 Å². The highest BCUT2D eigenvalue weighted by Crippen LogP contribution is 2.32. The van der Waals surface area contributed by atoms with Gasteiger partial charge in [-0.05, 0) is 51.3 Å². The first-order valence-electron chi connectivity index (χ1n) is 10.9. The van der Waals surface area contributed by atoms with Gasteiger partial charge in [0.25, 0.3) is 5.91 Å². The molecule has 33 heavy (non-hydrogen) atoms. The van der Waals surface area contributed by atoms with Crippen molar-refractivity contribution in [2.45, 2.75) is 52.6 Å². The number of benzene rings is 1. The number of carbonyl (C=O) groups is 2. The zero-order valence-electron chi connectivity index (χ0n) is 19.2. The lowest BCUT2D eigenvalue weighted by Crippen LogP contribution is -2.25. The van der Waals surface area contributed by atoms with E-state index in [9.17, 15) is 18.4 Å². The molecular formula is C24H28F2N4O3. The highest BCUT2D eigenvalue weighted by atomic mass is 19.3. The molecule has 0 fully saturated rings. The zero-order valence-corrected chi connectivity index (χ0v) is 19.2. The molecule has 3 aromatic rings. The van der Waals surface area contributed by atoms with Crippen molar-refractivity contribution in [3.63, 3.8) is 0 Å². The van der Waals surface area contributed by atoms with Crippen LogP contribution in [0.2, 0.25) is 0 Å². The Balaban J connectivity index is 2.04. The quantitative estimate of drug-likeness (QED) is 0.372. The highest BCUT2D eigenvalue weighted by molar-refractivity contribution is 6.09. The van der Waals surface area contributed by atoms with Gasteiger partial charge in [-0.15, -0.1) is 0 Å². The topological polar surface area (TPSA) is 86.1 Å². The number of aryl methyl sites for hydroxylation is 1. The van der Waals surface area contributed by atoms with Gasteiger partial charge in [-0.25, -0.2) is 18.6 Å². The molecule has 1 aromatic carbocycles. The lowest BCUT2D eigenvalue weighted by Gasteiger charge is -2.14. The molecule has 0 radical (unpaired) electrons. The van der Waals surface area contributed by atoms with Gasteiger partial charge in [-0.2, -0.15) is 5.10 Å². The summed E-state index contributed by atoms with van der Waals surface area (Å²) in [5, 5.41) is 7.72. The van der Waals surface area contributed by atoms with Crippen LogP contribution in [0.3, 0.4) is 0 Å². The van der Waals surface area contributed by atoms with Crippen LogP contribution in [0.25, 0.3) is 22.0 Å². The number of para-hydroxylation sites is 1. The summed E-state index contributed by atoms with van der Waals surface area (Å²) in [4.78, 5) is 30.1. The molecule has 3 rings (SSSR count). The maximum atomic E-state index is 12.9. The second-order valence-electron chi connectivity index (χ2n) is 8.12. The summed E-state index contributed by atoms with van der Waals surface area (Å²) in [5.41, 5.74) is 3.15. The van der Waals surface area contributed by atoms with Crippen LogP contribution >= 0.6 is 0 Å². The molecule has 7 nitrogen and oxygen atoms in total. The first-order chi connectivity index (χ1) is 15.7. The normalized spacial score (nSPS) is 11.4. The zero-order chi connectivity index (χ0) is 24.1. The van der Waals surface area contributed by atoms with Gasteiger partial charge < -0.3 is 10.1 Å². The van der Waals surface area contributed by atoms with Gasteiger partial charge in [0.2, 0.25) is 6.43 Å². The van der Waals surface area contributed by atoms with E-state index >= 15 is 0 Å². The number of halogens is 2. The summed E-state index contributed by atoms with van der Waals surface area (Å²) in [6.45, 7) is 5.68. The number of nitrogens with zero attached hydrogens (tertiary/aromatic N) is 3. The van der Waals surface area contributed by atoms with Gasteiger partial charge in [0.1, 0.15) is 5.69 Å². The number of rotatable bonds is 9. The SMILES string of the molecule is Cc1c(-c2cc(C(=O)NCCCCC(F)F)nc3c(C(=O)OC(C)C)cccc23)cnn1C. The fourth-order valence-electron chi connectivity index (χ4n) is 3.51. The molecule has 2 aromatic heterocycles. The number of pyridine rings is 1. The van der Waals surface area contributed by atoms with Crippen molar-refractivity contribution in [2.24, 2.45) is 7.05 Å². The monoisotopic (exact) mass is 458 g/mol. The summed E-state index contributed by atoms with van der Waals surface area (Å²) in [6.07, 6.45) is -0.409. The Labute approximate surface area is 191 Å². The van der Waals surface area contributed by atoms with E-state index in [0.29, 0.717) is 29.3 Å². The van der Waals surface area contributed by atoms with Crippen LogP contribution in [0.1, 0.15) is 59.7 Å². The number of alkyl halides is 2. The van der Waals surface area contributed by atoms with Gasteiger partial charge in [0, 0.05) is 36.7 Å². The fraction of sp³-hybridized carbons (Fsp3) is 0.417. The molecule has 1 amide bonds. The summed E-state index contributed by atoms with van der Waals surface area (Å²) in [5.74, 6) is -0.967. The number of hydrogen-bond donors (Lipinski definition) is 1. The molecule has 0 bridgehead atoms. The number of esters is 1. The Bertz CT molecular complexity index is 1160. The summed E-state index contributed by atoms with van der Waals surface area (Å²) in [7, 11) is 1.82. The number of fused-ring (bicyclic) bond motifs is 1. The number of amides is 1. The van der Waals surface area contributed by atoms with Gasteiger partial charge >= 0.3 is 5.97 Å². The third-order valence-electron chi connectivity index (χ3n) is 5.29. The van der Waals surface area contributed by atoms with Crippen LogP contribution in [0.4, 0.5) is 8.78 Å². The Morgan fingerprint density at radius 1 is 1.18 bits per heavy atom. The summed E-state index contributed by atoms with van der Waals surface area (Å²) in [6, 6.07) is 6.87. The standard InChI is InChI=1S/C24H28F2N4O3/c1-14(2)33-24(32)17-9-7-8-16-18(19-13-28-30(4)15(19)3)12-20(29-22(16)17)23(31)27-11-6-5-10-21(25)26/h7-9,12-14,21H,5-6,10-11H2,1-4H3,(H,27,31). The van der Waals surface area contributed by atoms with E-state index in [2.05, 4.69) is 15.4 Å². The third kappa shape index (κ3) is 5.71. The average molecular weight is 459 g/mol. The number of carbonyl (C=O) groups excluding carboxylic acids is 2. The van der Waals surface area contributed by atoms with Crippen molar-refractivity contribution in [1.29, 1.82) is 0 Å². The lowest BCUT2D eigenvalue weighted by atomic mass is 9.98. The third-order valence-corrected chi connectivity index (χ3v) is 5.29. The molecular weight excluding hydrogens is 430 g/mol. The molecule has 0 aliphatic carbocycles.